The summed E-state index contributed by atoms with van der Waals surface area (Å²) in [6.07, 6.45) is 4.78. The Labute approximate surface area is 87.9 Å². The van der Waals surface area contributed by atoms with Gasteiger partial charge in [0.2, 0.25) is 0 Å². The van der Waals surface area contributed by atoms with Crippen molar-refractivity contribution >= 4 is 13.9 Å². The number of carbonyl (C=O) groups is 1. The summed E-state index contributed by atoms with van der Waals surface area (Å²) in [6.45, 7) is 9.02. The topological polar surface area (TPSA) is 17.1 Å². The zero-order valence-electron chi connectivity index (χ0n) is 9.68. The number of ketones is 1. The summed E-state index contributed by atoms with van der Waals surface area (Å²) in [5, 5.41) is 0. The van der Waals surface area contributed by atoms with Crippen LogP contribution in [0.1, 0.15) is 26.2 Å². The third-order valence-electron chi connectivity index (χ3n) is 2.22. The lowest BCUT2D eigenvalue weighted by Crippen LogP contribution is -2.16. The van der Waals surface area contributed by atoms with Gasteiger partial charge >= 0.3 is 0 Å². The molecule has 0 bridgehead atoms. The molecule has 0 spiro atoms. The van der Waals surface area contributed by atoms with E-state index in [2.05, 4.69) is 38.3 Å². The molecule has 0 radical (unpaired) electrons. The van der Waals surface area contributed by atoms with Crippen molar-refractivity contribution in [2.24, 2.45) is 0 Å². The average molecular weight is 208 g/mol. The van der Waals surface area contributed by atoms with Gasteiger partial charge < -0.3 is 0 Å². The normalized spacial score (nSPS) is 20.4. The van der Waals surface area contributed by atoms with E-state index in [1.807, 2.05) is 0 Å². The zero-order chi connectivity index (χ0) is 10.8. The highest BCUT2D eigenvalue weighted by atomic mass is 28.3. The van der Waals surface area contributed by atoms with Crippen molar-refractivity contribution in [3.8, 4) is 0 Å². The highest BCUT2D eigenvalue weighted by Crippen LogP contribution is 2.25. The van der Waals surface area contributed by atoms with Crippen LogP contribution in [0.2, 0.25) is 19.6 Å². The van der Waals surface area contributed by atoms with Crippen molar-refractivity contribution in [2.75, 3.05) is 0 Å². The number of allylic oxidation sites excluding steroid dienone is 3. The number of hydrogen-bond donors (Lipinski definition) is 0. The van der Waals surface area contributed by atoms with Crippen molar-refractivity contribution in [1.82, 2.24) is 0 Å². The molecule has 2 heteroatoms. The summed E-state index contributed by atoms with van der Waals surface area (Å²) in [5.74, 6) is 0.344. The summed E-state index contributed by atoms with van der Waals surface area (Å²) in [6, 6.07) is 0. The molecule has 1 aliphatic rings. The Kier molecular flexibility index (Phi) is 3.48. The molecule has 0 N–H and O–H groups in total. The second-order valence-corrected chi connectivity index (χ2v) is 10.1. The maximum atomic E-state index is 11.6. The Hall–Kier alpha value is -0.633. The molecule has 0 aromatic carbocycles. The van der Waals surface area contributed by atoms with Gasteiger partial charge in [-0.25, -0.2) is 0 Å². The molecule has 78 valence electrons. The fourth-order valence-corrected chi connectivity index (χ4v) is 3.08. The van der Waals surface area contributed by atoms with Crippen LogP contribution in [0.25, 0.3) is 0 Å². The number of hydrogen-bond acceptors (Lipinski definition) is 1. The van der Waals surface area contributed by atoms with Gasteiger partial charge in [-0.2, -0.15) is 0 Å². The first-order chi connectivity index (χ1) is 6.42. The molecule has 0 heterocycles. The second kappa shape index (κ2) is 4.26. The molecule has 0 saturated heterocycles. The molecule has 0 unspecified atom stereocenters. The smallest absolute Gasteiger partial charge is 0.163 e. The average Bonchev–Trinajstić information content (AvgIpc) is 2.28. The lowest BCUT2D eigenvalue weighted by Gasteiger charge is -2.09. The second-order valence-electron chi connectivity index (χ2n) is 5.10. The van der Waals surface area contributed by atoms with Gasteiger partial charge in [-0.3, -0.25) is 4.79 Å². The first-order valence-corrected chi connectivity index (χ1v) is 8.95. The van der Waals surface area contributed by atoms with E-state index in [1.165, 1.54) is 5.57 Å². The van der Waals surface area contributed by atoms with Crippen molar-refractivity contribution in [3.05, 3.63) is 22.9 Å². The first-order valence-electron chi connectivity index (χ1n) is 5.38. The summed E-state index contributed by atoms with van der Waals surface area (Å²) in [4.78, 5) is 11.6. The molecular weight excluding hydrogens is 188 g/mol. The van der Waals surface area contributed by atoms with Gasteiger partial charge in [-0.15, -0.1) is 0 Å². The van der Waals surface area contributed by atoms with Crippen molar-refractivity contribution in [2.45, 2.75) is 45.8 Å². The summed E-state index contributed by atoms with van der Waals surface area (Å²) in [7, 11) is -1.16. The van der Waals surface area contributed by atoms with Gasteiger partial charge in [0.15, 0.2) is 5.78 Å². The Bertz CT molecular complexity index is 292. The van der Waals surface area contributed by atoms with Gasteiger partial charge in [0, 0.05) is 6.42 Å². The van der Waals surface area contributed by atoms with E-state index < -0.39 is 8.07 Å². The molecule has 0 aromatic heterocycles. The molecule has 0 aromatic rings. The van der Waals surface area contributed by atoms with Crippen molar-refractivity contribution in [1.29, 1.82) is 0 Å². The molecule has 1 aliphatic carbocycles. The van der Waals surface area contributed by atoms with Crippen LogP contribution in [-0.2, 0) is 4.79 Å². The van der Waals surface area contributed by atoms with Crippen LogP contribution in [0.15, 0.2) is 22.9 Å². The van der Waals surface area contributed by atoms with Gasteiger partial charge in [0.05, 0.1) is 8.07 Å². The Morgan fingerprint density at radius 1 is 1.43 bits per heavy atom. The molecule has 1 rings (SSSR count). The van der Waals surface area contributed by atoms with Crippen LogP contribution in [0, 0.1) is 0 Å². The summed E-state index contributed by atoms with van der Waals surface area (Å²) < 4.78 is 0. The maximum absolute atomic E-state index is 11.6. The van der Waals surface area contributed by atoms with E-state index in [4.69, 9.17) is 0 Å². The number of carbonyl (C=O) groups excluding carboxylic acids is 1. The van der Waals surface area contributed by atoms with Gasteiger partial charge in [-0.05, 0) is 17.6 Å². The summed E-state index contributed by atoms with van der Waals surface area (Å²) in [5.41, 5.74) is 4.64. The SMILES string of the molecule is CCCC1=C/C(=C\[Si](C)(C)C)CC1=O. The standard InChI is InChI=1S/C12H20OSi/c1-5-6-11-7-10(8-12(11)13)9-14(2,3)4/h7,9H,5-6,8H2,1-4H3/b10-9+. The Morgan fingerprint density at radius 2 is 2.07 bits per heavy atom. The quantitative estimate of drug-likeness (QED) is 0.649. The summed E-state index contributed by atoms with van der Waals surface area (Å²) >= 11 is 0. The van der Waals surface area contributed by atoms with Crippen LogP contribution in [0.5, 0.6) is 0 Å². The van der Waals surface area contributed by atoms with Gasteiger partial charge in [-0.1, -0.05) is 44.8 Å². The molecule has 0 fully saturated rings. The predicted octanol–water partition coefficient (Wildman–Crippen LogP) is 3.49. The van der Waals surface area contributed by atoms with E-state index in [-0.39, 0.29) is 0 Å². The monoisotopic (exact) mass is 208 g/mol. The largest absolute Gasteiger partial charge is 0.294 e. The van der Waals surface area contributed by atoms with Crippen LogP contribution in [0.3, 0.4) is 0 Å². The number of Topliss-reactive ketones (excluding diaryl/α,β-unsaturated/α-hetero) is 1. The van der Waals surface area contributed by atoms with Crippen LogP contribution >= 0.6 is 0 Å². The highest BCUT2D eigenvalue weighted by molar-refractivity contribution is 6.81. The lowest BCUT2D eigenvalue weighted by atomic mass is 10.1. The fraction of sp³-hybridized carbons (Fsp3) is 0.583. The lowest BCUT2D eigenvalue weighted by molar-refractivity contribution is -0.114. The minimum absolute atomic E-state index is 0.344. The predicted molar refractivity (Wildman–Crippen MR) is 64.0 cm³/mol. The number of rotatable bonds is 3. The first kappa shape index (κ1) is 11.4. The van der Waals surface area contributed by atoms with Crippen LogP contribution in [0.4, 0.5) is 0 Å². The van der Waals surface area contributed by atoms with Gasteiger partial charge in [0.1, 0.15) is 0 Å². The van der Waals surface area contributed by atoms with E-state index in [9.17, 15) is 4.79 Å². The van der Waals surface area contributed by atoms with E-state index in [0.717, 1.165) is 18.4 Å². The highest BCUT2D eigenvalue weighted by Gasteiger charge is 2.20. The van der Waals surface area contributed by atoms with Crippen molar-refractivity contribution < 1.29 is 4.79 Å². The van der Waals surface area contributed by atoms with E-state index in [0.29, 0.717) is 12.2 Å². The third-order valence-corrected chi connectivity index (χ3v) is 3.46. The fourth-order valence-electron chi connectivity index (χ4n) is 1.78. The molecule has 0 amide bonds. The van der Waals surface area contributed by atoms with Crippen molar-refractivity contribution in [3.63, 3.8) is 0 Å². The molecule has 1 nitrogen and oxygen atoms in total. The zero-order valence-corrected chi connectivity index (χ0v) is 10.7. The Morgan fingerprint density at radius 3 is 2.57 bits per heavy atom. The molecule has 14 heavy (non-hydrogen) atoms. The minimum atomic E-state index is -1.16. The molecule has 0 atom stereocenters. The molecule has 0 aliphatic heterocycles. The Balaban J connectivity index is 2.79. The minimum Gasteiger partial charge on any atom is -0.294 e. The van der Waals surface area contributed by atoms with E-state index >= 15 is 0 Å². The maximum Gasteiger partial charge on any atom is 0.163 e. The van der Waals surface area contributed by atoms with E-state index in [1.54, 1.807) is 0 Å². The van der Waals surface area contributed by atoms with Crippen LogP contribution in [-0.4, -0.2) is 13.9 Å². The molecule has 0 saturated carbocycles. The third kappa shape index (κ3) is 3.26. The molecular formula is C12H20OSi. The van der Waals surface area contributed by atoms with Gasteiger partial charge in [0.25, 0.3) is 0 Å². The van der Waals surface area contributed by atoms with Crippen LogP contribution < -0.4 is 0 Å².